The van der Waals surface area contributed by atoms with Crippen LogP contribution in [0.1, 0.15) is 25.0 Å². The van der Waals surface area contributed by atoms with Gasteiger partial charge in [-0.2, -0.15) is 5.10 Å². The standard InChI is InChI=1S/C18H24N4/c1-2-4-18(5-3-1)22-11-9-16(20-22)13-19-12-15-8-10-21(14-15)17-6-7-17/h1-5,9,11,15,17,19H,6-8,10,12-14H2. The van der Waals surface area contributed by atoms with Crippen molar-refractivity contribution in [3.63, 3.8) is 0 Å². The Kier molecular flexibility index (Phi) is 3.95. The maximum absolute atomic E-state index is 4.64. The van der Waals surface area contributed by atoms with E-state index in [2.05, 4.69) is 33.5 Å². The molecule has 1 N–H and O–H groups in total. The van der Waals surface area contributed by atoms with Crippen LogP contribution >= 0.6 is 0 Å². The van der Waals surface area contributed by atoms with E-state index in [-0.39, 0.29) is 0 Å². The number of aromatic nitrogens is 2. The largest absolute Gasteiger partial charge is 0.311 e. The van der Waals surface area contributed by atoms with Crippen molar-refractivity contribution in [3.8, 4) is 5.69 Å². The topological polar surface area (TPSA) is 33.1 Å². The fourth-order valence-electron chi connectivity index (χ4n) is 3.39. The first-order valence-corrected chi connectivity index (χ1v) is 8.43. The summed E-state index contributed by atoms with van der Waals surface area (Å²) in [7, 11) is 0. The van der Waals surface area contributed by atoms with E-state index in [1.54, 1.807) is 0 Å². The molecule has 1 atom stereocenters. The summed E-state index contributed by atoms with van der Waals surface area (Å²) in [6.07, 6.45) is 6.24. The van der Waals surface area contributed by atoms with Crippen molar-refractivity contribution >= 4 is 0 Å². The average Bonchev–Trinajstić information content (AvgIpc) is 3.11. The number of para-hydroxylation sites is 1. The third-order valence-electron chi connectivity index (χ3n) is 4.78. The van der Waals surface area contributed by atoms with E-state index >= 15 is 0 Å². The number of likely N-dealkylation sites (tertiary alicyclic amines) is 1. The Hall–Kier alpha value is -1.65. The van der Waals surface area contributed by atoms with Crippen molar-refractivity contribution in [2.75, 3.05) is 19.6 Å². The Morgan fingerprint density at radius 3 is 2.77 bits per heavy atom. The Bertz CT molecular complexity index is 603. The molecule has 1 aromatic carbocycles. The van der Waals surface area contributed by atoms with Crippen LogP contribution in [0.3, 0.4) is 0 Å². The predicted octanol–water partition coefficient (Wildman–Crippen LogP) is 2.45. The van der Waals surface area contributed by atoms with E-state index in [0.29, 0.717) is 0 Å². The number of nitrogens with one attached hydrogen (secondary N) is 1. The van der Waals surface area contributed by atoms with Gasteiger partial charge in [-0.05, 0) is 56.5 Å². The Morgan fingerprint density at radius 2 is 1.95 bits per heavy atom. The molecule has 0 spiro atoms. The van der Waals surface area contributed by atoms with E-state index in [0.717, 1.165) is 36.4 Å². The van der Waals surface area contributed by atoms with Gasteiger partial charge < -0.3 is 10.2 Å². The first-order valence-electron chi connectivity index (χ1n) is 8.43. The Balaban J connectivity index is 1.25. The average molecular weight is 296 g/mol. The second kappa shape index (κ2) is 6.23. The lowest BCUT2D eigenvalue weighted by Crippen LogP contribution is -2.27. The van der Waals surface area contributed by atoms with Crippen LogP contribution in [-0.4, -0.2) is 40.4 Å². The summed E-state index contributed by atoms with van der Waals surface area (Å²) in [5.41, 5.74) is 2.23. The molecule has 1 saturated carbocycles. The SMILES string of the molecule is c1ccc(-n2ccc(CNCC3CCN(C4CC4)C3)n2)cc1. The van der Waals surface area contributed by atoms with Crippen molar-refractivity contribution in [1.29, 1.82) is 0 Å². The highest BCUT2D eigenvalue weighted by atomic mass is 15.3. The van der Waals surface area contributed by atoms with Gasteiger partial charge in [0.2, 0.25) is 0 Å². The highest BCUT2D eigenvalue weighted by Crippen LogP contribution is 2.31. The summed E-state index contributed by atoms with van der Waals surface area (Å²) in [5.74, 6) is 0.816. The lowest BCUT2D eigenvalue weighted by atomic mass is 10.1. The number of hydrogen-bond donors (Lipinski definition) is 1. The lowest BCUT2D eigenvalue weighted by molar-refractivity contribution is 0.311. The van der Waals surface area contributed by atoms with Crippen LogP contribution in [-0.2, 0) is 6.54 Å². The molecule has 2 aromatic rings. The molecule has 4 rings (SSSR count). The second-order valence-corrected chi connectivity index (χ2v) is 6.60. The second-order valence-electron chi connectivity index (χ2n) is 6.60. The summed E-state index contributed by atoms with van der Waals surface area (Å²) in [4.78, 5) is 2.68. The lowest BCUT2D eigenvalue weighted by Gasteiger charge is -2.14. The third-order valence-corrected chi connectivity index (χ3v) is 4.78. The van der Waals surface area contributed by atoms with E-state index in [1.807, 2.05) is 29.1 Å². The zero-order chi connectivity index (χ0) is 14.8. The molecule has 1 aliphatic heterocycles. The van der Waals surface area contributed by atoms with Gasteiger partial charge in [-0.3, -0.25) is 0 Å². The van der Waals surface area contributed by atoms with Crippen LogP contribution in [0, 0.1) is 5.92 Å². The van der Waals surface area contributed by atoms with Crippen molar-refractivity contribution in [2.24, 2.45) is 5.92 Å². The molecular formula is C18H24N4. The molecule has 4 heteroatoms. The molecule has 1 aliphatic carbocycles. The predicted molar refractivity (Wildman–Crippen MR) is 88.0 cm³/mol. The number of benzene rings is 1. The van der Waals surface area contributed by atoms with Gasteiger partial charge >= 0.3 is 0 Å². The zero-order valence-electron chi connectivity index (χ0n) is 13.0. The van der Waals surface area contributed by atoms with Crippen molar-refractivity contribution in [1.82, 2.24) is 20.0 Å². The molecule has 1 aromatic heterocycles. The van der Waals surface area contributed by atoms with E-state index in [4.69, 9.17) is 0 Å². The third kappa shape index (κ3) is 3.23. The van der Waals surface area contributed by atoms with Crippen LogP contribution in [0.4, 0.5) is 0 Å². The quantitative estimate of drug-likeness (QED) is 0.889. The van der Waals surface area contributed by atoms with Gasteiger partial charge in [-0.25, -0.2) is 4.68 Å². The summed E-state index contributed by atoms with van der Waals surface area (Å²) < 4.78 is 1.95. The fraction of sp³-hybridized carbons (Fsp3) is 0.500. The fourth-order valence-corrected chi connectivity index (χ4v) is 3.39. The van der Waals surface area contributed by atoms with Gasteiger partial charge in [-0.1, -0.05) is 18.2 Å². The molecule has 0 bridgehead atoms. The molecule has 0 amide bonds. The minimum absolute atomic E-state index is 0.816. The highest BCUT2D eigenvalue weighted by Gasteiger charge is 2.33. The monoisotopic (exact) mass is 296 g/mol. The Labute approximate surface area is 132 Å². The van der Waals surface area contributed by atoms with E-state index < -0.39 is 0 Å². The normalized spacial score (nSPS) is 22.3. The van der Waals surface area contributed by atoms with Gasteiger partial charge in [0, 0.05) is 25.3 Å². The summed E-state index contributed by atoms with van der Waals surface area (Å²) in [5, 5.41) is 8.23. The molecule has 4 nitrogen and oxygen atoms in total. The summed E-state index contributed by atoms with van der Waals surface area (Å²) in [6.45, 7) is 4.57. The minimum Gasteiger partial charge on any atom is -0.311 e. The zero-order valence-corrected chi connectivity index (χ0v) is 13.0. The molecule has 2 aliphatic rings. The van der Waals surface area contributed by atoms with Gasteiger partial charge in [-0.15, -0.1) is 0 Å². The first-order chi connectivity index (χ1) is 10.9. The van der Waals surface area contributed by atoms with Crippen molar-refractivity contribution in [2.45, 2.75) is 31.8 Å². The maximum Gasteiger partial charge on any atom is 0.0766 e. The molecule has 1 saturated heterocycles. The minimum atomic E-state index is 0.816. The summed E-state index contributed by atoms with van der Waals surface area (Å²) in [6, 6.07) is 13.3. The van der Waals surface area contributed by atoms with E-state index in [9.17, 15) is 0 Å². The van der Waals surface area contributed by atoms with Gasteiger partial charge in [0.25, 0.3) is 0 Å². The van der Waals surface area contributed by atoms with Crippen LogP contribution in [0.25, 0.3) is 5.69 Å². The Morgan fingerprint density at radius 1 is 1.09 bits per heavy atom. The number of nitrogens with zero attached hydrogens (tertiary/aromatic N) is 3. The molecule has 2 fully saturated rings. The molecule has 1 unspecified atom stereocenters. The summed E-state index contributed by atoms with van der Waals surface area (Å²) >= 11 is 0. The smallest absolute Gasteiger partial charge is 0.0766 e. The molecular weight excluding hydrogens is 272 g/mol. The molecule has 2 heterocycles. The molecule has 22 heavy (non-hydrogen) atoms. The van der Waals surface area contributed by atoms with E-state index in [1.165, 1.54) is 32.4 Å². The van der Waals surface area contributed by atoms with Crippen molar-refractivity contribution < 1.29 is 0 Å². The van der Waals surface area contributed by atoms with Crippen LogP contribution in [0.5, 0.6) is 0 Å². The molecule has 0 radical (unpaired) electrons. The number of hydrogen-bond acceptors (Lipinski definition) is 3. The molecule has 116 valence electrons. The van der Waals surface area contributed by atoms with Crippen LogP contribution in [0.15, 0.2) is 42.6 Å². The van der Waals surface area contributed by atoms with Gasteiger partial charge in [0.15, 0.2) is 0 Å². The van der Waals surface area contributed by atoms with Crippen molar-refractivity contribution in [3.05, 3.63) is 48.3 Å². The van der Waals surface area contributed by atoms with Crippen LogP contribution < -0.4 is 5.32 Å². The maximum atomic E-state index is 4.64. The first kappa shape index (κ1) is 14.0. The highest BCUT2D eigenvalue weighted by molar-refractivity contribution is 5.30. The van der Waals surface area contributed by atoms with Gasteiger partial charge in [0.1, 0.15) is 0 Å². The van der Waals surface area contributed by atoms with Gasteiger partial charge in [0.05, 0.1) is 11.4 Å². The van der Waals surface area contributed by atoms with Crippen LogP contribution in [0.2, 0.25) is 0 Å². The number of rotatable bonds is 6.